The van der Waals surface area contributed by atoms with Crippen LogP contribution < -0.4 is 5.32 Å². The van der Waals surface area contributed by atoms with E-state index in [1.165, 1.54) is 7.11 Å². The van der Waals surface area contributed by atoms with Gasteiger partial charge in [-0.25, -0.2) is 9.59 Å². The molecule has 0 unspecified atom stereocenters. The molecule has 14 heavy (non-hydrogen) atoms. The summed E-state index contributed by atoms with van der Waals surface area (Å²) in [6.07, 6.45) is -1.45. The van der Waals surface area contributed by atoms with Crippen molar-refractivity contribution < 1.29 is 24.3 Å². The molecule has 0 fully saturated rings. The number of nitrogens with one attached hydrogen (secondary N) is 1. The number of ether oxygens (including phenoxy) is 2. The van der Waals surface area contributed by atoms with Crippen LogP contribution in [0.3, 0.4) is 0 Å². The van der Waals surface area contributed by atoms with E-state index in [1.54, 1.807) is 6.92 Å². The van der Waals surface area contributed by atoms with Crippen LogP contribution in [0.1, 0.15) is 6.92 Å². The van der Waals surface area contributed by atoms with Crippen molar-refractivity contribution in [3.63, 3.8) is 0 Å². The normalized spacial score (nSPS) is 9.07. The van der Waals surface area contributed by atoms with Gasteiger partial charge >= 0.3 is 12.2 Å². The Morgan fingerprint density at radius 1 is 1.50 bits per heavy atom. The summed E-state index contributed by atoms with van der Waals surface area (Å²) in [4.78, 5) is 21.3. The van der Waals surface area contributed by atoms with Crippen LogP contribution in [-0.4, -0.2) is 49.3 Å². The number of carbonyl (C=O) groups excluding carboxylic acids is 2. The molecule has 0 rings (SSSR count). The van der Waals surface area contributed by atoms with Gasteiger partial charge in [0.25, 0.3) is 0 Å². The Morgan fingerprint density at radius 3 is 2.64 bits per heavy atom. The number of carbonyl (C=O) groups is 2. The summed E-state index contributed by atoms with van der Waals surface area (Å²) in [6.45, 7) is 1.85. The van der Waals surface area contributed by atoms with Crippen molar-refractivity contribution >= 4 is 12.2 Å². The highest BCUT2D eigenvalue weighted by Crippen LogP contribution is 1.87. The van der Waals surface area contributed by atoms with E-state index in [1.807, 2.05) is 0 Å². The molecule has 0 radical (unpaired) electrons. The molecule has 0 aliphatic rings. The molecule has 7 nitrogen and oxygen atoms in total. The molecule has 0 aromatic rings. The first-order valence-electron chi connectivity index (χ1n) is 4.06. The van der Waals surface area contributed by atoms with E-state index in [0.29, 0.717) is 5.06 Å². The predicted molar refractivity (Wildman–Crippen MR) is 45.9 cm³/mol. The van der Waals surface area contributed by atoms with Gasteiger partial charge in [-0.3, -0.25) is 5.21 Å². The highest BCUT2D eigenvalue weighted by molar-refractivity contribution is 5.67. The summed E-state index contributed by atoms with van der Waals surface area (Å²) >= 11 is 0. The molecule has 0 saturated heterocycles. The zero-order valence-electron chi connectivity index (χ0n) is 8.15. The van der Waals surface area contributed by atoms with Gasteiger partial charge in [0.2, 0.25) is 0 Å². The maximum Gasteiger partial charge on any atom is 0.433 e. The zero-order valence-corrected chi connectivity index (χ0v) is 8.15. The Labute approximate surface area is 81.5 Å². The average Bonchev–Trinajstić information content (AvgIpc) is 2.22. The maximum absolute atomic E-state index is 10.8. The van der Waals surface area contributed by atoms with Gasteiger partial charge in [-0.1, -0.05) is 0 Å². The lowest BCUT2D eigenvalue weighted by Crippen LogP contribution is -2.32. The third-order valence-corrected chi connectivity index (χ3v) is 1.29. The number of hydroxylamine groups is 2. The highest BCUT2D eigenvalue weighted by atomic mass is 16.6. The van der Waals surface area contributed by atoms with E-state index >= 15 is 0 Å². The smallest absolute Gasteiger partial charge is 0.433 e. The third kappa shape index (κ3) is 5.20. The van der Waals surface area contributed by atoms with E-state index < -0.39 is 12.2 Å². The summed E-state index contributed by atoms with van der Waals surface area (Å²) in [5.74, 6) is 0. The van der Waals surface area contributed by atoms with Gasteiger partial charge in [0.05, 0.1) is 13.7 Å². The second-order valence-electron chi connectivity index (χ2n) is 2.25. The summed E-state index contributed by atoms with van der Waals surface area (Å²) < 4.78 is 8.83. The van der Waals surface area contributed by atoms with E-state index in [-0.39, 0.29) is 19.7 Å². The Bertz CT molecular complexity index is 197. The number of rotatable bonds is 4. The Hall–Kier alpha value is -1.50. The molecule has 82 valence electrons. The monoisotopic (exact) mass is 206 g/mol. The molecule has 0 heterocycles. The lowest BCUT2D eigenvalue weighted by atomic mass is 10.7. The lowest BCUT2D eigenvalue weighted by Gasteiger charge is -2.12. The fourth-order valence-corrected chi connectivity index (χ4v) is 0.567. The Morgan fingerprint density at radius 2 is 2.14 bits per heavy atom. The number of hydrogen-bond donors (Lipinski definition) is 2. The first kappa shape index (κ1) is 12.5. The number of nitrogens with zero attached hydrogens (tertiary/aromatic N) is 1. The second kappa shape index (κ2) is 6.96. The Balaban J connectivity index is 3.45. The van der Waals surface area contributed by atoms with Crippen molar-refractivity contribution in [1.82, 2.24) is 10.4 Å². The molecule has 0 bridgehead atoms. The van der Waals surface area contributed by atoms with E-state index in [2.05, 4.69) is 14.8 Å². The first-order valence-corrected chi connectivity index (χ1v) is 4.06. The van der Waals surface area contributed by atoms with Crippen molar-refractivity contribution in [2.45, 2.75) is 6.92 Å². The number of hydrogen-bond acceptors (Lipinski definition) is 5. The molecular formula is C7H14N2O5. The molecule has 0 atom stereocenters. The maximum atomic E-state index is 10.8. The molecule has 0 aliphatic carbocycles. The summed E-state index contributed by atoms with van der Waals surface area (Å²) in [5.41, 5.74) is 0. The van der Waals surface area contributed by atoms with Gasteiger partial charge in [-0.2, -0.15) is 5.06 Å². The molecule has 2 N–H and O–H groups in total. The highest BCUT2D eigenvalue weighted by Gasteiger charge is 2.08. The van der Waals surface area contributed by atoms with Crippen LogP contribution in [0.15, 0.2) is 0 Å². The third-order valence-electron chi connectivity index (χ3n) is 1.29. The van der Waals surface area contributed by atoms with E-state index in [9.17, 15) is 9.59 Å². The summed E-state index contributed by atoms with van der Waals surface area (Å²) in [5, 5.41) is 11.6. The van der Waals surface area contributed by atoms with Gasteiger partial charge in [0.15, 0.2) is 0 Å². The molecule has 0 aromatic heterocycles. The minimum atomic E-state index is -0.848. The van der Waals surface area contributed by atoms with Gasteiger partial charge in [0.1, 0.15) is 6.61 Å². The molecular weight excluding hydrogens is 192 g/mol. The molecule has 0 saturated carbocycles. The van der Waals surface area contributed by atoms with Crippen LogP contribution in [0.2, 0.25) is 0 Å². The minimum Gasteiger partial charge on any atom is -0.453 e. The van der Waals surface area contributed by atoms with Crippen molar-refractivity contribution in [3.8, 4) is 0 Å². The van der Waals surface area contributed by atoms with Gasteiger partial charge in [-0.15, -0.1) is 0 Å². The van der Waals surface area contributed by atoms with Gasteiger partial charge in [0, 0.05) is 6.54 Å². The topological polar surface area (TPSA) is 88.1 Å². The quantitative estimate of drug-likeness (QED) is 0.389. The molecule has 0 aromatic carbocycles. The van der Waals surface area contributed by atoms with Crippen LogP contribution in [0.5, 0.6) is 0 Å². The first-order chi connectivity index (χ1) is 6.61. The zero-order chi connectivity index (χ0) is 11.0. The molecule has 2 amide bonds. The minimum absolute atomic E-state index is 0.0228. The molecule has 7 heteroatoms. The van der Waals surface area contributed by atoms with Crippen LogP contribution in [-0.2, 0) is 9.47 Å². The SMILES string of the molecule is CCN(O)C(=O)OCCNC(=O)OC. The number of methoxy groups -OCH3 is 1. The lowest BCUT2D eigenvalue weighted by molar-refractivity contribution is -0.0697. The number of amides is 2. The van der Waals surface area contributed by atoms with E-state index in [4.69, 9.17) is 5.21 Å². The van der Waals surface area contributed by atoms with Crippen LogP contribution in [0, 0.1) is 0 Å². The van der Waals surface area contributed by atoms with Crippen LogP contribution >= 0.6 is 0 Å². The fourth-order valence-electron chi connectivity index (χ4n) is 0.567. The predicted octanol–water partition coefficient (Wildman–Crippen LogP) is 0.190. The van der Waals surface area contributed by atoms with Crippen LogP contribution in [0.25, 0.3) is 0 Å². The fraction of sp³-hybridized carbons (Fsp3) is 0.714. The molecule has 0 spiro atoms. The summed E-state index contributed by atoms with van der Waals surface area (Å²) in [7, 11) is 1.23. The second-order valence-corrected chi connectivity index (χ2v) is 2.25. The van der Waals surface area contributed by atoms with Crippen molar-refractivity contribution in [3.05, 3.63) is 0 Å². The van der Waals surface area contributed by atoms with E-state index in [0.717, 1.165) is 0 Å². The van der Waals surface area contributed by atoms with Crippen molar-refractivity contribution in [1.29, 1.82) is 0 Å². The van der Waals surface area contributed by atoms with Gasteiger partial charge in [-0.05, 0) is 6.92 Å². The van der Waals surface area contributed by atoms with Crippen molar-refractivity contribution in [2.24, 2.45) is 0 Å². The average molecular weight is 206 g/mol. The standard InChI is InChI=1S/C7H14N2O5/c1-3-9(12)7(11)14-5-4-8-6(10)13-2/h12H,3-5H2,1-2H3,(H,8,10). The van der Waals surface area contributed by atoms with Crippen molar-refractivity contribution in [2.75, 3.05) is 26.8 Å². The number of alkyl carbamates (subject to hydrolysis) is 1. The molecule has 0 aliphatic heterocycles. The van der Waals surface area contributed by atoms with Crippen LogP contribution in [0.4, 0.5) is 9.59 Å². The largest absolute Gasteiger partial charge is 0.453 e. The summed E-state index contributed by atoms with van der Waals surface area (Å²) in [6, 6.07) is 0. The Kier molecular flexibility index (Phi) is 6.21. The van der Waals surface area contributed by atoms with Gasteiger partial charge < -0.3 is 14.8 Å².